The van der Waals surface area contributed by atoms with Crippen LogP contribution in [0.4, 0.5) is 0 Å². The van der Waals surface area contributed by atoms with Gasteiger partial charge >= 0.3 is 5.90 Å². The molecule has 1 heterocycles. The van der Waals surface area contributed by atoms with Crippen LogP contribution < -0.4 is 0 Å². The Labute approximate surface area is 84.1 Å². The molecule has 0 aromatic rings. The topological polar surface area (TPSA) is 78.7 Å². The summed E-state index contributed by atoms with van der Waals surface area (Å²) in [6, 6.07) is 0. The van der Waals surface area contributed by atoms with Gasteiger partial charge < -0.3 is 9.29 Å². The molecule has 7 heteroatoms. The second-order valence-corrected chi connectivity index (χ2v) is 3.74. The predicted octanol–water partition coefficient (Wildman–Crippen LogP) is -0.440. The van der Waals surface area contributed by atoms with Crippen molar-refractivity contribution in [3.8, 4) is 0 Å². The molecule has 0 radical (unpaired) electrons. The standard InChI is InChI=1S/C6H12NO.CH4O4S/c1-3-6-7(2)4-5-8-6;1-5-6(2,3)4/h3-5H2,1-2H3;1H3,(H,2,3,4)/q+1;/p-1. The molecule has 14 heavy (non-hydrogen) atoms. The summed E-state index contributed by atoms with van der Waals surface area (Å²) in [4.78, 5) is 0. The highest BCUT2D eigenvalue weighted by Crippen LogP contribution is 1.94. The summed E-state index contributed by atoms with van der Waals surface area (Å²) in [5.74, 6) is 1.13. The third-order valence-corrected chi connectivity index (χ3v) is 2.04. The molecule has 1 aliphatic heterocycles. The van der Waals surface area contributed by atoms with Gasteiger partial charge in [0.25, 0.3) is 0 Å². The highest BCUT2D eigenvalue weighted by atomic mass is 32.3. The summed E-state index contributed by atoms with van der Waals surface area (Å²) in [5.41, 5.74) is 0. The van der Waals surface area contributed by atoms with Crippen LogP contribution in [-0.2, 0) is 19.3 Å². The summed E-state index contributed by atoms with van der Waals surface area (Å²) in [7, 11) is -1.54. The summed E-state index contributed by atoms with van der Waals surface area (Å²) in [6.45, 7) is 4.04. The van der Waals surface area contributed by atoms with E-state index >= 15 is 0 Å². The molecular weight excluding hydrogens is 210 g/mol. The predicted molar refractivity (Wildman–Crippen MR) is 49.0 cm³/mol. The zero-order valence-electron chi connectivity index (χ0n) is 8.52. The van der Waals surface area contributed by atoms with E-state index in [9.17, 15) is 13.0 Å². The van der Waals surface area contributed by atoms with Gasteiger partial charge in [-0.3, -0.25) is 4.18 Å². The van der Waals surface area contributed by atoms with Crippen molar-refractivity contribution in [2.45, 2.75) is 13.3 Å². The van der Waals surface area contributed by atoms with E-state index in [1.165, 1.54) is 0 Å². The van der Waals surface area contributed by atoms with Gasteiger partial charge in [0.15, 0.2) is 13.2 Å². The van der Waals surface area contributed by atoms with E-state index in [0.29, 0.717) is 0 Å². The van der Waals surface area contributed by atoms with Crippen LogP contribution in [0, 0.1) is 0 Å². The normalized spacial score (nSPS) is 16.0. The molecule has 0 spiro atoms. The minimum absolute atomic E-state index is 0.808. The molecule has 0 aromatic heterocycles. The van der Waals surface area contributed by atoms with Crippen LogP contribution >= 0.6 is 0 Å². The van der Waals surface area contributed by atoms with Crippen LogP contribution in [0.2, 0.25) is 0 Å². The van der Waals surface area contributed by atoms with Gasteiger partial charge in [0.1, 0.15) is 7.05 Å². The Kier molecular flexibility index (Phi) is 5.66. The number of hydrogen-bond donors (Lipinski definition) is 0. The maximum atomic E-state index is 9.22. The van der Waals surface area contributed by atoms with E-state index in [1.54, 1.807) is 0 Å². The Morgan fingerprint density at radius 2 is 2.14 bits per heavy atom. The highest BCUT2D eigenvalue weighted by molar-refractivity contribution is 7.80. The molecule has 0 amide bonds. The molecule has 1 aliphatic rings. The van der Waals surface area contributed by atoms with Crippen LogP contribution in [0.15, 0.2) is 0 Å². The van der Waals surface area contributed by atoms with Crippen molar-refractivity contribution in [1.82, 2.24) is 0 Å². The molecule has 0 saturated heterocycles. The minimum atomic E-state index is -4.41. The van der Waals surface area contributed by atoms with Crippen molar-refractivity contribution in [3.63, 3.8) is 0 Å². The number of rotatable bonds is 2. The third kappa shape index (κ3) is 5.90. The van der Waals surface area contributed by atoms with E-state index in [4.69, 9.17) is 4.74 Å². The Morgan fingerprint density at radius 3 is 2.29 bits per heavy atom. The van der Waals surface area contributed by atoms with Crippen LogP contribution in [-0.4, -0.2) is 50.8 Å². The van der Waals surface area contributed by atoms with Gasteiger partial charge in [0, 0.05) is 0 Å². The highest BCUT2D eigenvalue weighted by Gasteiger charge is 2.16. The lowest BCUT2D eigenvalue weighted by atomic mass is 10.5. The van der Waals surface area contributed by atoms with Crippen molar-refractivity contribution in [3.05, 3.63) is 0 Å². The van der Waals surface area contributed by atoms with Gasteiger partial charge in [0.05, 0.1) is 13.5 Å². The summed E-state index contributed by atoms with van der Waals surface area (Å²) in [5, 5.41) is 0. The summed E-state index contributed by atoms with van der Waals surface area (Å²) < 4.78 is 38.4. The Hall–Kier alpha value is -0.660. The van der Waals surface area contributed by atoms with Gasteiger partial charge in [-0.05, 0) is 0 Å². The number of nitrogens with zero attached hydrogens (tertiary/aromatic N) is 1. The van der Waals surface area contributed by atoms with Crippen molar-refractivity contribution in [2.24, 2.45) is 0 Å². The first-order chi connectivity index (χ1) is 6.40. The monoisotopic (exact) mass is 225 g/mol. The van der Waals surface area contributed by atoms with Gasteiger partial charge in [-0.15, -0.1) is 0 Å². The molecule has 0 aliphatic carbocycles. The summed E-state index contributed by atoms with van der Waals surface area (Å²) >= 11 is 0. The van der Waals surface area contributed by atoms with E-state index < -0.39 is 10.4 Å². The maximum absolute atomic E-state index is 9.22. The van der Waals surface area contributed by atoms with Gasteiger partial charge in [-0.2, -0.15) is 0 Å². The molecule has 84 valence electrons. The molecule has 0 saturated carbocycles. The van der Waals surface area contributed by atoms with Crippen LogP contribution in [0.5, 0.6) is 0 Å². The van der Waals surface area contributed by atoms with Crippen LogP contribution in [0.3, 0.4) is 0 Å². The number of ether oxygens (including phenoxy) is 1. The minimum Gasteiger partial charge on any atom is -0.726 e. The second-order valence-electron chi connectivity index (χ2n) is 2.59. The first kappa shape index (κ1) is 13.3. The SMILES string of the molecule is CCC1=[N+](C)CCO1.COS(=O)(=O)[O-]. The van der Waals surface area contributed by atoms with E-state index in [0.717, 1.165) is 32.6 Å². The Morgan fingerprint density at radius 1 is 1.64 bits per heavy atom. The first-order valence-corrected chi connectivity index (χ1v) is 5.45. The van der Waals surface area contributed by atoms with E-state index in [1.807, 2.05) is 0 Å². The largest absolute Gasteiger partial charge is 0.726 e. The van der Waals surface area contributed by atoms with Gasteiger partial charge in [-0.25, -0.2) is 13.0 Å². The molecule has 0 unspecified atom stereocenters. The van der Waals surface area contributed by atoms with Crippen molar-refractivity contribution in [2.75, 3.05) is 27.3 Å². The molecule has 0 N–H and O–H groups in total. The lowest BCUT2D eigenvalue weighted by Gasteiger charge is -1.98. The third-order valence-electron chi connectivity index (χ3n) is 1.63. The lowest BCUT2D eigenvalue weighted by Crippen LogP contribution is -2.08. The molecule has 1 rings (SSSR count). The quantitative estimate of drug-likeness (QED) is 0.361. The molecule has 0 aromatic carbocycles. The van der Waals surface area contributed by atoms with Gasteiger partial charge in [-0.1, -0.05) is 6.92 Å². The number of likely N-dealkylation sites (N-methyl/N-ethyl adjacent to an activating group) is 1. The van der Waals surface area contributed by atoms with E-state index in [2.05, 4.69) is 22.7 Å². The zero-order chi connectivity index (χ0) is 11.2. The average molecular weight is 225 g/mol. The van der Waals surface area contributed by atoms with Crippen molar-refractivity contribution >= 4 is 16.3 Å². The smallest absolute Gasteiger partial charge is 0.336 e. The van der Waals surface area contributed by atoms with Crippen LogP contribution in [0.25, 0.3) is 0 Å². The van der Waals surface area contributed by atoms with Crippen LogP contribution in [0.1, 0.15) is 13.3 Å². The lowest BCUT2D eigenvalue weighted by molar-refractivity contribution is -0.487. The van der Waals surface area contributed by atoms with Crippen molar-refractivity contribution in [1.29, 1.82) is 0 Å². The zero-order valence-corrected chi connectivity index (χ0v) is 9.33. The fourth-order valence-corrected chi connectivity index (χ4v) is 0.907. The Bertz CT molecular complexity index is 295. The average Bonchev–Trinajstić information content (AvgIpc) is 2.51. The molecule has 0 fully saturated rings. The summed E-state index contributed by atoms with van der Waals surface area (Å²) in [6.07, 6.45) is 1.02. The Balaban J connectivity index is 0.000000255. The molecule has 0 bridgehead atoms. The maximum Gasteiger partial charge on any atom is 0.336 e. The second kappa shape index (κ2) is 5.94. The van der Waals surface area contributed by atoms with E-state index in [-0.39, 0.29) is 0 Å². The van der Waals surface area contributed by atoms with Gasteiger partial charge in [0.2, 0.25) is 10.4 Å². The fourth-order valence-electron chi connectivity index (χ4n) is 0.907. The fraction of sp³-hybridized carbons (Fsp3) is 0.857. The number of hydrogen-bond acceptors (Lipinski definition) is 5. The molecule has 6 nitrogen and oxygen atoms in total. The molecule has 0 atom stereocenters. The first-order valence-electron chi connectivity index (χ1n) is 4.12. The van der Waals surface area contributed by atoms with Crippen molar-refractivity contribution < 1.29 is 26.5 Å². The molecular formula is C7H15NO5S.